The topological polar surface area (TPSA) is 57.4 Å². The molecule has 1 heterocycles. The summed E-state index contributed by atoms with van der Waals surface area (Å²) in [5.41, 5.74) is 1.22. The van der Waals surface area contributed by atoms with Gasteiger partial charge in [-0.15, -0.1) is 0 Å². The molecule has 1 fully saturated rings. The summed E-state index contributed by atoms with van der Waals surface area (Å²) in [6.07, 6.45) is 0.0229. The largest absolute Gasteiger partial charge is 0.481 e. The fourth-order valence-electron chi connectivity index (χ4n) is 2.21. The van der Waals surface area contributed by atoms with Crippen molar-refractivity contribution in [1.29, 1.82) is 0 Å². The molecule has 4 nitrogen and oxygen atoms in total. The summed E-state index contributed by atoms with van der Waals surface area (Å²) in [5, 5.41) is 8.55. The van der Waals surface area contributed by atoms with Crippen LogP contribution in [0.3, 0.4) is 0 Å². The molecular formula is C14H17NO3. The van der Waals surface area contributed by atoms with Gasteiger partial charge in [0.1, 0.15) is 0 Å². The van der Waals surface area contributed by atoms with Gasteiger partial charge in [-0.2, -0.15) is 0 Å². The summed E-state index contributed by atoms with van der Waals surface area (Å²) in [4.78, 5) is 23.9. The van der Waals surface area contributed by atoms with E-state index >= 15 is 0 Å². The van der Waals surface area contributed by atoms with Gasteiger partial charge in [-0.1, -0.05) is 37.3 Å². The molecular weight excluding hydrogens is 230 g/mol. The first kappa shape index (κ1) is 12.6. The van der Waals surface area contributed by atoms with Gasteiger partial charge in [0.25, 0.3) is 0 Å². The first-order chi connectivity index (χ1) is 8.59. The van der Waals surface area contributed by atoms with Crippen LogP contribution in [-0.4, -0.2) is 34.5 Å². The van der Waals surface area contributed by atoms with Gasteiger partial charge in [0.2, 0.25) is 5.91 Å². The number of hydrogen-bond donors (Lipinski definition) is 1. The quantitative estimate of drug-likeness (QED) is 0.808. The Labute approximate surface area is 106 Å². The molecule has 1 aliphatic rings. The highest BCUT2D eigenvalue weighted by molar-refractivity contribution is 5.82. The molecule has 1 amide bonds. The number of aliphatic carboxylic acids is 1. The van der Waals surface area contributed by atoms with Gasteiger partial charge in [0.15, 0.2) is 0 Å². The molecule has 0 bridgehead atoms. The Bertz CT molecular complexity index is 444. The van der Waals surface area contributed by atoms with Gasteiger partial charge >= 0.3 is 5.97 Å². The fraction of sp³-hybridized carbons (Fsp3) is 0.429. The minimum absolute atomic E-state index is 0.0508. The lowest BCUT2D eigenvalue weighted by Crippen LogP contribution is -2.17. The zero-order valence-electron chi connectivity index (χ0n) is 10.4. The van der Waals surface area contributed by atoms with E-state index in [2.05, 4.69) is 19.1 Å². The van der Waals surface area contributed by atoms with E-state index in [9.17, 15) is 9.59 Å². The molecule has 1 N–H and O–H groups in total. The third-order valence-electron chi connectivity index (χ3n) is 3.43. The molecule has 1 unspecified atom stereocenters. The number of amides is 1. The number of carbonyl (C=O) groups excluding carboxylic acids is 1. The highest BCUT2D eigenvalue weighted by Gasteiger charge is 2.42. The summed E-state index contributed by atoms with van der Waals surface area (Å²) in [6.45, 7) is 2.85. The van der Waals surface area contributed by atoms with Gasteiger partial charge in [0.05, 0.1) is 12.5 Å². The van der Waals surface area contributed by atoms with Crippen molar-refractivity contribution in [3.05, 3.63) is 35.9 Å². The molecule has 0 saturated carbocycles. The van der Waals surface area contributed by atoms with Crippen molar-refractivity contribution in [2.75, 3.05) is 6.54 Å². The molecule has 2 atom stereocenters. The maximum Gasteiger partial charge on any atom is 0.303 e. The fourth-order valence-corrected chi connectivity index (χ4v) is 2.21. The van der Waals surface area contributed by atoms with Crippen molar-refractivity contribution < 1.29 is 14.7 Å². The number of hydrogen-bond acceptors (Lipinski definition) is 2. The van der Waals surface area contributed by atoms with Gasteiger partial charge in [-0.25, -0.2) is 0 Å². The van der Waals surface area contributed by atoms with E-state index in [1.54, 1.807) is 4.90 Å². The summed E-state index contributed by atoms with van der Waals surface area (Å²) in [6, 6.07) is 10.3. The minimum Gasteiger partial charge on any atom is -0.481 e. The molecule has 1 saturated heterocycles. The monoisotopic (exact) mass is 247 g/mol. The van der Waals surface area contributed by atoms with E-state index in [1.807, 2.05) is 18.2 Å². The van der Waals surface area contributed by atoms with Crippen LogP contribution in [0.4, 0.5) is 0 Å². The van der Waals surface area contributed by atoms with E-state index in [0.717, 1.165) is 6.54 Å². The second kappa shape index (κ2) is 5.21. The van der Waals surface area contributed by atoms with Gasteiger partial charge in [0, 0.05) is 18.9 Å². The third-order valence-corrected chi connectivity index (χ3v) is 3.43. The highest BCUT2D eigenvalue weighted by atomic mass is 16.4. The molecule has 1 aliphatic heterocycles. The molecule has 1 aromatic rings. The minimum atomic E-state index is -0.919. The normalized spacial score (nSPS) is 19.4. The van der Waals surface area contributed by atoms with Crippen molar-refractivity contribution >= 4 is 11.9 Å². The van der Waals surface area contributed by atoms with Crippen LogP contribution < -0.4 is 0 Å². The number of carbonyl (C=O) groups is 2. The predicted octanol–water partition coefficient (Wildman–Crippen LogP) is 1.87. The Morgan fingerprint density at radius 1 is 1.33 bits per heavy atom. The number of benzene rings is 1. The lowest BCUT2D eigenvalue weighted by atomic mass is 9.98. The zero-order valence-corrected chi connectivity index (χ0v) is 10.4. The average Bonchev–Trinajstić information content (AvgIpc) is 3.16. The highest BCUT2D eigenvalue weighted by Crippen LogP contribution is 2.33. The summed E-state index contributed by atoms with van der Waals surface area (Å²) < 4.78 is 0. The van der Waals surface area contributed by atoms with Gasteiger partial charge < -0.3 is 10.0 Å². The number of carboxylic acid groups (broad SMARTS) is 1. The van der Waals surface area contributed by atoms with Crippen molar-refractivity contribution in [3.8, 4) is 0 Å². The Morgan fingerprint density at radius 3 is 2.61 bits per heavy atom. The van der Waals surface area contributed by atoms with Crippen LogP contribution in [0.25, 0.3) is 0 Å². The van der Waals surface area contributed by atoms with Crippen molar-refractivity contribution in [3.63, 3.8) is 0 Å². The molecule has 2 rings (SSSR count). The Hall–Kier alpha value is -1.84. The van der Waals surface area contributed by atoms with E-state index < -0.39 is 5.97 Å². The molecule has 0 spiro atoms. The average molecular weight is 247 g/mol. The number of nitrogens with zero attached hydrogens (tertiary/aromatic N) is 1. The van der Waals surface area contributed by atoms with Crippen molar-refractivity contribution in [2.24, 2.45) is 0 Å². The Balaban J connectivity index is 1.87. The molecule has 0 radical (unpaired) electrons. The van der Waals surface area contributed by atoms with E-state index in [1.165, 1.54) is 5.56 Å². The summed E-state index contributed by atoms with van der Waals surface area (Å²) in [7, 11) is 0. The number of carboxylic acids is 1. The van der Waals surface area contributed by atoms with Gasteiger partial charge in [-0.3, -0.25) is 9.59 Å². The first-order valence-corrected chi connectivity index (χ1v) is 6.16. The van der Waals surface area contributed by atoms with Crippen molar-refractivity contribution in [1.82, 2.24) is 4.90 Å². The van der Waals surface area contributed by atoms with Crippen LogP contribution >= 0.6 is 0 Å². The maximum absolute atomic E-state index is 11.7. The lowest BCUT2D eigenvalue weighted by Gasteiger charge is -2.11. The SMILES string of the molecule is C[C@H](c1ccccc1)C1CN1C(=O)CCC(=O)O. The predicted molar refractivity (Wildman–Crippen MR) is 67.2 cm³/mol. The maximum atomic E-state index is 11.7. The van der Waals surface area contributed by atoms with Crippen LogP contribution in [0.1, 0.15) is 31.2 Å². The molecule has 18 heavy (non-hydrogen) atoms. The standard InChI is InChI=1S/C14H17NO3/c1-10(11-5-3-2-4-6-11)12-9-15(12)13(16)7-8-14(17)18/h2-6,10,12H,7-9H2,1H3,(H,17,18)/t10-,12?,15?/m1/s1. The Kier molecular flexibility index (Phi) is 3.65. The number of rotatable bonds is 5. The van der Waals surface area contributed by atoms with Gasteiger partial charge in [-0.05, 0) is 5.56 Å². The van der Waals surface area contributed by atoms with Crippen LogP contribution in [0, 0.1) is 0 Å². The van der Waals surface area contributed by atoms with Crippen LogP contribution in [-0.2, 0) is 9.59 Å². The third kappa shape index (κ3) is 2.88. The van der Waals surface area contributed by atoms with Crippen LogP contribution in [0.5, 0.6) is 0 Å². The lowest BCUT2D eigenvalue weighted by molar-refractivity contribution is -0.139. The van der Waals surface area contributed by atoms with Crippen LogP contribution in [0.15, 0.2) is 30.3 Å². The van der Waals surface area contributed by atoms with E-state index in [-0.39, 0.29) is 24.8 Å². The van der Waals surface area contributed by atoms with Crippen molar-refractivity contribution in [2.45, 2.75) is 31.7 Å². The smallest absolute Gasteiger partial charge is 0.303 e. The molecule has 4 heteroatoms. The Morgan fingerprint density at radius 2 is 2.00 bits per heavy atom. The second-order valence-electron chi connectivity index (χ2n) is 4.71. The molecule has 1 aromatic carbocycles. The molecule has 0 aromatic heterocycles. The molecule has 0 aliphatic carbocycles. The van der Waals surface area contributed by atoms with E-state index in [4.69, 9.17) is 5.11 Å². The van der Waals surface area contributed by atoms with E-state index in [0.29, 0.717) is 5.92 Å². The van der Waals surface area contributed by atoms with Crippen LogP contribution in [0.2, 0.25) is 0 Å². The second-order valence-corrected chi connectivity index (χ2v) is 4.71. The first-order valence-electron chi connectivity index (χ1n) is 6.16. The summed E-state index contributed by atoms with van der Waals surface area (Å²) >= 11 is 0. The molecule has 96 valence electrons. The summed E-state index contributed by atoms with van der Waals surface area (Å²) in [5.74, 6) is -0.664. The zero-order chi connectivity index (χ0) is 13.1.